The Kier molecular flexibility index (Phi) is 3.13. The summed E-state index contributed by atoms with van der Waals surface area (Å²) in [6, 6.07) is 14.5. The molecule has 3 nitrogen and oxygen atoms in total. The predicted molar refractivity (Wildman–Crippen MR) is 81.1 cm³/mol. The lowest BCUT2D eigenvalue weighted by atomic mass is 9.68. The minimum atomic E-state index is -0.656. The largest absolute Gasteiger partial charge is 0.481 e. The van der Waals surface area contributed by atoms with E-state index in [2.05, 4.69) is 35.2 Å². The molecule has 3 heteroatoms. The van der Waals surface area contributed by atoms with Gasteiger partial charge in [-0.1, -0.05) is 36.8 Å². The van der Waals surface area contributed by atoms with E-state index in [4.69, 9.17) is 0 Å². The van der Waals surface area contributed by atoms with Gasteiger partial charge in [0.15, 0.2) is 0 Å². The number of benzene rings is 2. The molecule has 2 aromatic rings. The Morgan fingerprint density at radius 3 is 2.50 bits per heavy atom. The normalized spacial score (nSPS) is 16.6. The second-order valence-corrected chi connectivity index (χ2v) is 5.83. The number of hydrogen-bond donors (Lipinski definition) is 1. The maximum Gasteiger partial charge on any atom is 0.311 e. The number of fused-ring (bicyclic) bond motifs is 1. The molecule has 104 valence electrons. The molecule has 20 heavy (non-hydrogen) atoms. The summed E-state index contributed by atoms with van der Waals surface area (Å²) in [5.41, 5.74) is 0.539. The van der Waals surface area contributed by atoms with Gasteiger partial charge in [-0.3, -0.25) is 4.79 Å². The van der Waals surface area contributed by atoms with Crippen LogP contribution in [0.4, 0.5) is 5.69 Å². The second kappa shape index (κ2) is 4.82. The Hall–Kier alpha value is -2.03. The van der Waals surface area contributed by atoms with Gasteiger partial charge in [0.05, 0.1) is 5.41 Å². The molecule has 0 amide bonds. The van der Waals surface area contributed by atoms with Crippen LogP contribution in [0.1, 0.15) is 19.3 Å². The van der Waals surface area contributed by atoms with Crippen LogP contribution in [0.2, 0.25) is 0 Å². The number of hydrogen-bond acceptors (Lipinski definition) is 2. The number of carboxylic acids is 1. The fourth-order valence-corrected chi connectivity index (χ4v) is 3.00. The molecule has 0 aliphatic heterocycles. The van der Waals surface area contributed by atoms with Crippen LogP contribution in [0.25, 0.3) is 10.8 Å². The Morgan fingerprint density at radius 2 is 1.90 bits per heavy atom. The molecule has 1 fully saturated rings. The van der Waals surface area contributed by atoms with E-state index in [1.54, 1.807) is 0 Å². The number of carbonyl (C=O) groups is 1. The van der Waals surface area contributed by atoms with Crippen molar-refractivity contribution in [1.29, 1.82) is 0 Å². The first-order chi connectivity index (χ1) is 9.61. The molecule has 0 unspecified atom stereocenters. The number of aliphatic carboxylic acids is 1. The third-order valence-electron chi connectivity index (χ3n) is 4.48. The van der Waals surface area contributed by atoms with E-state index in [1.807, 2.05) is 19.2 Å². The highest BCUT2D eigenvalue weighted by molar-refractivity contribution is 5.86. The highest BCUT2D eigenvalue weighted by atomic mass is 16.4. The van der Waals surface area contributed by atoms with Crippen molar-refractivity contribution < 1.29 is 9.90 Å². The quantitative estimate of drug-likeness (QED) is 0.923. The molecule has 1 N–H and O–H groups in total. The van der Waals surface area contributed by atoms with Gasteiger partial charge in [-0.25, -0.2) is 0 Å². The van der Waals surface area contributed by atoms with Crippen molar-refractivity contribution in [2.24, 2.45) is 5.41 Å². The maximum absolute atomic E-state index is 11.5. The van der Waals surface area contributed by atoms with Gasteiger partial charge in [0, 0.05) is 19.3 Å². The average molecular weight is 269 g/mol. The zero-order valence-corrected chi connectivity index (χ0v) is 11.7. The highest BCUT2D eigenvalue weighted by Crippen LogP contribution is 2.42. The van der Waals surface area contributed by atoms with E-state index in [-0.39, 0.29) is 0 Å². The van der Waals surface area contributed by atoms with E-state index in [0.29, 0.717) is 6.54 Å². The van der Waals surface area contributed by atoms with Crippen LogP contribution < -0.4 is 4.90 Å². The topological polar surface area (TPSA) is 40.5 Å². The van der Waals surface area contributed by atoms with Crippen LogP contribution in [-0.4, -0.2) is 24.7 Å². The first kappa shape index (κ1) is 13.0. The highest BCUT2D eigenvalue weighted by Gasteiger charge is 2.45. The lowest BCUT2D eigenvalue weighted by Crippen LogP contribution is -2.46. The Morgan fingerprint density at radius 1 is 1.20 bits per heavy atom. The number of carboxylic acid groups (broad SMARTS) is 1. The Labute approximate surface area is 118 Å². The summed E-state index contributed by atoms with van der Waals surface area (Å²) >= 11 is 0. The van der Waals surface area contributed by atoms with Crippen molar-refractivity contribution in [3.63, 3.8) is 0 Å². The first-order valence-electron chi connectivity index (χ1n) is 7.04. The van der Waals surface area contributed by atoms with Crippen LogP contribution in [0.5, 0.6) is 0 Å². The molecule has 0 atom stereocenters. The second-order valence-electron chi connectivity index (χ2n) is 5.83. The Bertz CT molecular complexity index is 646. The van der Waals surface area contributed by atoms with Crippen molar-refractivity contribution >= 4 is 22.4 Å². The van der Waals surface area contributed by atoms with Crippen LogP contribution in [0.3, 0.4) is 0 Å². The molecule has 0 saturated heterocycles. The summed E-state index contributed by atoms with van der Waals surface area (Å²) in [4.78, 5) is 13.5. The monoisotopic (exact) mass is 269 g/mol. The number of rotatable bonds is 4. The molecule has 0 radical (unpaired) electrons. The lowest BCUT2D eigenvalue weighted by Gasteiger charge is -2.41. The summed E-state index contributed by atoms with van der Waals surface area (Å²) in [5.74, 6) is -0.656. The molecule has 0 heterocycles. The fourth-order valence-electron chi connectivity index (χ4n) is 3.00. The molecule has 0 spiro atoms. The molecular formula is C17H19NO2. The standard InChI is InChI=1S/C17H19NO2/c1-18(12-17(16(19)20)9-4-10-17)15-8-7-13-5-2-3-6-14(13)11-15/h2-3,5-8,11H,4,9-10,12H2,1H3,(H,19,20). The molecule has 1 saturated carbocycles. The van der Waals surface area contributed by atoms with Gasteiger partial charge in [0.25, 0.3) is 0 Å². The number of nitrogens with zero attached hydrogens (tertiary/aromatic N) is 1. The van der Waals surface area contributed by atoms with E-state index < -0.39 is 11.4 Å². The summed E-state index contributed by atoms with van der Waals surface area (Å²) in [7, 11) is 1.98. The van der Waals surface area contributed by atoms with Crippen LogP contribution in [-0.2, 0) is 4.79 Å². The van der Waals surface area contributed by atoms with Gasteiger partial charge in [0.2, 0.25) is 0 Å². The predicted octanol–water partition coefficient (Wildman–Crippen LogP) is 3.53. The summed E-state index contributed by atoms with van der Waals surface area (Å²) in [6.45, 7) is 0.584. The number of anilines is 1. The molecule has 1 aliphatic carbocycles. The minimum absolute atomic E-state index is 0.541. The maximum atomic E-state index is 11.5. The summed E-state index contributed by atoms with van der Waals surface area (Å²) < 4.78 is 0. The molecular weight excluding hydrogens is 250 g/mol. The van der Waals surface area contributed by atoms with Gasteiger partial charge < -0.3 is 10.0 Å². The van der Waals surface area contributed by atoms with Gasteiger partial charge in [-0.05, 0) is 35.7 Å². The van der Waals surface area contributed by atoms with Crippen molar-refractivity contribution in [3.05, 3.63) is 42.5 Å². The van der Waals surface area contributed by atoms with E-state index in [1.165, 1.54) is 10.8 Å². The van der Waals surface area contributed by atoms with E-state index in [9.17, 15) is 9.90 Å². The summed E-state index contributed by atoms with van der Waals surface area (Å²) in [5, 5.41) is 11.8. The fraction of sp³-hybridized carbons (Fsp3) is 0.353. The van der Waals surface area contributed by atoms with E-state index in [0.717, 1.165) is 24.9 Å². The van der Waals surface area contributed by atoms with Gasteiger partial charge in [0.1, 0.15) is 0 Å². The molecule has 1 aliphatic rings. The Balaban J connectivity index is 1.85. The van der Waals surface area contributed by atoms with E-state index >= 15 is 0 Å². The average Bonchev–Trinajstić information content (AvgIpc) is 2.41. The third kappa shape index (κ3) is 2.13. The SMILES string of the molecule is CN(CC1(C(=O)O)CCC1)c1ccc2ccccc2c1. The molecule has 2 aromatic carbocycles. The van der Waals surface area contributed by atoms with Crippen LogP contribution in [0, 0.1) is 5.41 Å². The molecule has 0 bridgehead atoms. The zero-order chi connectivity index (χ0) is 14.2. The third-order valence-corrected chi connectivity index (χ3v) is 4.48. The molecule has 3 rings (SSSR count). The van der Waals surface area contributed by atoms with Crippen LogP contribution in [0.15, 0.2) is 42.5 Å². The van der Waals surface area contributed by atoms with Crippen molar-refractivity contribution in [3.8, 4) is 0 Å². The molecule has 0 aromatic heterocycles. The van der Waals surface area contributed by atoms with Crippen molar-refractivity contribution in [2.45, 2.75) is 19.3 Å². The van der Waals surface area contributed by atoms with Crippen LogP contribution >= 0.6 is 0 Å². The summed E-state index contributed by atoms with van der Waals surface area (Å²) in [6.07, 6.45) is 2.61. The van der Waals surface area contributed by atoms with Gasteiger partial charge >= 0.3 is 5.97 Å². The first-order valence-corrected chi connectivity index (χ1v) is 7.04. The van der Waals surface area contributed by atoms with Crippen molar-refractivity contribution in [1.82, 2.24) is 0 Å². The lowest BCUT2D eigenvalue weighted by molar-refractivity contribution is -0.153. The zero-order valence-electron chi connectivity index (χ0n) is 11.7. The van der Waals surface area contributed by atoms with Crippen molar-refractivity contribution in [2.75, 3.05) is 18.5 Å². The minimum Gasteiger partial charge on any atom is -0.481 e. The smallest absolute Gasteiger partial charge is 0.311 e. The van der Waals surface area contributed by atoms with Gasteiger partial charge in [-0.15, -0.1) is 0 Å². The van der Waals surface area contributed by atoms with Gasteiger partial charge in [-0.2, -0.15) is 0 Å².